The highest BCUT2D eigenvalue weighted by Crippen LogP contribution is 2.35. The number of nitrogens with zero attached hydrogens (tertiary/aromatic N) is 2. The van der Waals surface area contributed by atoms with Gasteiger partial charge in [-0.15, -0.1) is 0 Å². The first kappa shape index (κ1) is 14.9. The van der Waals surface area contributed by atoms with E-state index in [9.17, 15) is 5.11 Å². The molecule has 0 radical (unpaired) electrons. The van der Waals surface area contributed by atoms with E-state index in [2.05, 4.69) is 11.1 Å². The van der Waals surface area contributed by atoms with Crippen LogP contribution in [0.5, 0.6) is 11.5 Å². The van der Waals surface area contributed by atoms with Crippen LogP contribution in [0.3, 0.4) is 0 Å². The van der Waals surface area contributed by atoms with Gasteiger partial charge in [0, 0.05) is 24.4 Å². The fourth-order valence-electron chi connectivity index (χ4n) is 3.29. The summed E-state index contributed by atoms with van der Waals surface area (Å²) in [6, 6.07) is 9.43. The largest absolute Gasteiger partial charge is 0.504 e. The number of allylic oxidation sites excluding steroid dienone is 1. The summed E-state index contributed by atoms with van der Waals surface area (Å²) < 4.78 is 5.98. The third-order valence-electron chi connectivity index (χ3n) is 4.61. The second-order valence-corrected chi connectivity index (χ2v) is 6.29. The Morgan fingerprint density at radius 3 is 2.58 bits per heavy atom. The Morgan fingerprint density at radius 1 is 1.00 bits per heavy atom. The second-order valence-electron chi connectivity index (χ2n) is 6.29. The number of ether oxygens (including phenoxy) is 1. The van der Waals surface area contributed by atoms with E-state index >= 15 is 0 Å². The fourth-order valence-corrected chi connectivity index (χ4v) is 3.29. The number of aliphatic imine (C=N–C) groups is 1. The molecule has 0 saturated heterocycles. The van der Waals surface area contributed by atoms with Crippen molar-refractivity contribution in [3.05, 3.63) is 59.9 Å². The van der Waals surface area contributed by atoms with E-state index in [1.165, 1.54) is 12.8 Å². The summed E-state index contributed by atoms with van der Waals surface area (Å²) in [5.41, 5.74) is 4.04. The lowest BCUT2D eigenvalue weighted by Gasteiger charge is -2.15. The molecular formula is C20H20N2O2. The molecule has 4 nitrogen and oxygen atoms in total. The van der Waals surface area contributed by atoms with Crippen molar-refractivity contribution in [3.63, 3.8) is 0 Å². The maximum Gasteiger partial charge on any atom is 0.162 e. The monoisotopic (exact) mass is 320 g/mol. The molecule has 0 unspecified atom stereocenters. The maximum absolute atomic E-state index is 10.1. The molecule has 0 bridgehead atoms. The SMILES string of the molecule is Oc1ccc(C2=CCC(c3ccncc3)=N2)cc1OC1CCCC1. The van der Waals surface area contributed by atoms with E-state index in [1.54, 1.807) is 18.5 Å². The first-order valence-electron chi connectivity index (χ1n) is 8.48. The van der Waals surface area contributed by atoms with Gasteiger partial charge in [-0.3, -0.25) is 9.98 Å². The van der Waals surface area contributed by atoms with Crippen molar-refractivity contribution in [2.45, 2.75) is 38.2 Å². The van der Waals surface area contributed by atoms with Crippen LogP contribution in [0.1, 0.15) is 43.2 Å². The number of aromatic nitrogens is 1. The summed E-state index contributed by atoms with van der Waals surface area (Å²) in [4.78, 5) is 8.79. The minimum absolute atomic E-state index is 0.197. The first-order valence-corrected chi connectivity index (χ1v) is 8.48. The van der Waals surface area contributed by atoms with Crippen LogP contribution < -0.4 is 4.74 Å². The van der Waals surface area contributed by atoms with E-state index in [0.717, 1.165) is 41.8 Å². The van der Waals surface area contributed by atoms with E-state index in [0.29, 0.717) is 5.75 Å². The molecule has 1 saturated carbocycles. The van der Waals surface area contributed by atoms with Crippen LogP contribution in [0.25, 0.3) is 5.70 Å². The van der Waals surface area contributed by atoms with Crippen LogP contribution >= 0.6 is 0 Å². The van der Waals surface area contributed by atoms with Crippen molar-refractivity contribution in [2.24, 2.45) is 4.99 Å². The molecule has 1 aliphatic heterocycles. The third kappa shape index (κ3) is 3.04. The highest BCUT2D eigenvalue weighted by molar-refractivity contribution is 6.07. The summed E-state index contributed by atoms with van der Waals surface area (Å²) in [7, 11) is 0. The van der Waals surface area contributed by atoms with Gasteiger partial charge in [-0.05, 0) is 61.6 Å². The summed E-state index contributed by atoms with van der Waals surface area (Å²) in [6.07, 6.45) is 11.2. The molecule has 122 valence electrons. The molecular weight excluding hydrogens is 300 g/mol. The Kier molecular flexibility index (Phi) is 4.03. The number of hydrogen-bond donors (Lipinski definition) is 1. The van der Waals surface area contributed by atoms with E-state index in [-0.39, 0.29) is 11.9 Å². The zero-order chi connectivity index (χ0) is 16.4. The predicted octanol–water partition coefficient (Wildman–Crippen LogP) is 4.34. The van der Waals surface area contributed by atoms with Crippen molar-refractivity contribution in [3.8, 4) is 11.5 Å². The number of hydrogen-bond acceptors (Lipinski definition) is 4. The number of phenols is 1. The van der Waals surface area contributed by atoms with Crippen LogP contribution in [-0.2, 0) is 0 Å². The van der Waals surface area contributed by atoms with E-state index in [1.807, 2.05) is 24.3 Å². The van der Waals surface area contributed by atoms with Crippen LogP contribution in [-0.4, -0.2) is 21.9 Å². The molecule has 1 aliphatic carbocycles. The number of phenolic OH excluding ortho intramolecular Hbond substituents is 1. The average molecular weight is 320 g/mol. The molecule has 2 heterocycles. The quantitative estimate of drug-likeness (QED) is 0.911. The van der Waals surface area contributed by atoms with Crippen LogP contribution in [0, 0.1) is 0 Å². The van der Waals surface area contributed by atoms with Gasteiger partial charge in [-0.1, -0.05) is 6.08 Å². The molecule has 4 heteroatoms. The zero-order valence-electron chi connectivity index (χ0n) is 13.5. The highest BCUT2D eigenvalue weighted by atomic mass is 16.5. The molecule has 2 aromatic rings. The minimum atomic E-state index is 0.197. The number of rotatable bonds is 4. The predicted molar refractivity (Wildman–Crippen MR) is 94.4 cm³/mol. The Labute approximate surface area is 141 Å². The van der Waals surface area contributed by atoms with Crippen molar-refractivity contribution in [2.75, 3.05) is 0 Å². The topological polar surface area (TPSA) is 54.7 Å². The Morgan fingerprint density at radius 2 is 1.79 bits per heavy atom. The lowest BCUT2D eigenvalue weighted by molar-refractivity contribution is 0.202. The molecule has 1 N–H and O–H groups in total. The molecule has 4 rings (SSSR count). The lowest BCUT2D eigenvalue weighted by Crippen LogP contribution is -2.11. The Balaban J connectivity index is 1.57. The van der Waals surface area contributed by atoms with Gasteiger partial charge in [-0.2, -0.15) is 0 Å². The van der Waals surface area contributed by atoms with E-state index < -0.39 is 0 Å². The van der Waals surface area contributed by atoms with Crippen molar-refractivity contribution >= 4 is 11.4 Å². The normalized spacial score (nSPS) is 17.7. The summed E-state index contributed by atoms with van der Waals surface area (Å²) in [5.74, 6) is 0.760. The smallest absolute Gasteiger partial charge is 0.162 e. The Bertz CT molecular complexity index is 791. The van der Waals surface area contributed by atoms with Crippen molar-refractivity contribution < 1.29 is 9.84 Å². The molecule has 1 aromatic carbocycles. The third-order valence-corrected chi connectivity index (χ3v) is 4.61. The summed E-state index contributed by atoms with van der Waals surface area (Å²) >= 11 is 0. The summed E-state index contributed by atoms with van der Waals surface area (Å²) in [5, 5.41) is 10.1. The standard InChI is InChI=1S/C20H20N2O2/c23-19-8-5-15(13-20(19)24-16-3-1-2-4-16)18-7-6-17(22-18)14-9-11-21-12-10-14/h5,7-13,16,23H,1-4,6H2. The second kappa shape index (κ2) is 6.48. The zero-order valence-corrected chi connectivity index (χ0v) is 13.5. The molecule has 0 atom stereocenters. The molecule has 2 aliphatic rings. The Hall–Kier alpha value is -2.62. The van der Waals surface area contributed by atoms with Crippen molar-refractivity contribution in [1.82, 2.24) is 4.98 Å². The van der Waals surface area contributed by atoms with Gasteiger partial charge in [0.15, 0.2) is 11.5 Å². The number of benzene rings is 1. The highest BCUT2D eigenvalue weighted by Gasteiger charge is 2.19. The molecule has 0 amide bonds. The molecule has 1 fully saturated rings. The number of aromatic hydroxyl groups is 1. The molecule has 24 heavy (non-hydrogen) atoms. The van der Waals surface area contributed by atoms with Gasteiger partial charge in [-0.25, -0.2) is 0 Å². The van der Waals surface area contributed by atoms with Gasteiger partial charge in [0.2, 0.25) is 0 Å². The molecule has 0 spiro atoms. The van der Waals surface area contributed by atoms with Crippen LogP contribution in [0.15, 0.2) is 53.8 Å². The number of pyridine rings is 1. The van der Waals surface area contributed by atoms with Gasteiger partial charge >= 0.3 is 0 Å². The van der Waals surface area contributed by atoms with Gasteiger partial charge in [0.05, 0.1) is 17.5 Å². The summed E-state index contributed by atoms with van der Waals surface area (Å²) in [6.45, 7) is 0. The van der Waals surface area contributed by atoms with Gasteiger partial charge < -0.3 is 9.84 Å². The van der Waals surface area contributed by atoms with Crippen LogP contribution in [0.2, 0.25) is 0 Å². The average Bonchev–Trinajstić information content (AvgIpc) is 3.29. The lowest BCUT2D eigenvalue weighted by atomic mass is 10.1. The van der Waals surface area contributed by atoms with E-state index in [4.69, 9.17) is 9.73 Å². The van der Waals surface area contributed by atoms with Crippen molar-refractivity contribution in [1.29, 1.82) is 0 Å². The van der Waals surface area contributed by atoms with Gasteiger partial charge in [0.25, 0.3) is 0 Å². The van der Waals surface area contributed by atoms with Crippen LogP contribution in [0.4, 0.5) is 0 Å². The fraction of sp³-hybridized carbons (Fsp3) is 0.300. The molecule has 1 aromatic heterocycles. The first-order chi connectivity index (χ1) is 11.8. The maximum atomic E-state index is 10.1. The van der Waals surface area contributed by atoms with Gasteiger partial charge in [0.1, 0.15) is 0 Å². The minimum Gasteiger partial charge on any atom is -0.504 e.